The molecule has 1 saturated heterocycles. The van der Waals surface area contributed by atoms with Crippen LogP contribution < -0.4 is 0 Å². The first kappa shape index (κ1) is 21.0. The van der Waals surface area contributed by atoms with Gasteiger partial charge in [-0.3, -0.25) is 0 Å². The summed E-state index contributed by atoms with van der Waals surface area (Å²) in [5, 5.41) is 1.24. The van der Waals surface area contributed by atoms with E-state index in [9.17, 15) is 4.39 Å². The zero-order valence-electron chi connectivity index (χ0n) is 17.2. The molecule has 1 fully saturated rings. The van der Waals surface area contributed by atoms with Gasteiger partial charge in [0.25, 0.3) is 0 Å². The van der Waals surface area contributed by atoms with Crippen LogP contribution in [0.1, 0.15) is 41.2 Å². The highest BCUT2D eigenvalue weighted by molar-refractivity contribution is 6.34. The topological polar surface area (TPSA) is 12.5 Å². The van der Waals surface area contributed by atoms with Crippen molar-refractivity contribution in [2.75, 3.05) is 19.6 Å². The number of fused-ring (bicyclic) bond motifs is 2. The van der Waals surface area contributed by atoms with Gasteiger partial charge in [0, 0.05) is 29.7 Å². The van der Waals surface area contributed by atoms with E-state index in [1.165, 1.54) is 17.2 Å². The average molecular weight is 456 g/mol. The van der Waals surface area contributed by atoms with Gasteiger partial charge in [-0.15, -0.1) is 0 Å². The molecule has 0 aliphatic carbocycles. The van der Waals surface area contributed by atoms with E-state index in [0.29, 0.717) is 10.0 Å². The Balaban J connectivity index is 1.33. The van der Waals surface area contributed by atoms with Crippen LogP contribution in [0.3, 0.4) is 0 Å². The highest BCUT2D eigenvalue weighted by atomic mass is 35.5. The number of hydrogen-bond donors (Lipinski definition) is 0. The van der Waals surface area contributed by atoms with E-state index in [1.807, 2.05) is 24.3 Å². The molecule has 0 amide bonds. The van der Waals surface area contributed by atoms with Gasteiger partial charge in [-0.25, -0.2) is 4.39 Å². The summed E-state index contributed by atoms with van der Waals surface area (Å²) < 4.78 is 20.7. The first-order chi connectivity index (χ1) is 15.0. The predicted octanol–water partition coefficient (Wildman–Crippen LogP) is 6.79. The fourth-order valence-electron chi connectivity index (χ4n) is 4.97. The maximum Gasteiger partial charge on any atom is 0.126 e. The van der Waals surface area contributed by atoms with Crippen LogP contribution in [0, 0.1) is 5.82 Å². The van der Waals surface area contributed by atoms with Crippen molar-refractivity contribution < 1.29 is 9.13 Å². The van der Waals surface area contributed by atoms with E-state index in [0.717, 1.165) is 50.0 Å². The summed E-state index contributed by atoms with van der Waals surface area (Å²) in [5.74, 6) is -0.118. The molecule has 2 aliphatic heterocycles. The lowest BCUT2D eigenvalue weighted by molar-refractivity contribution is -0.0966. The summed E-state index contributed by atoms with van der Waals surface area (Å²) in [4.78, 5) is 2.41. The normalized spacial score (nSPS) is 20.2. The van der Waals surface area contributed by atoms with E-state index >= 15 is 0 Å². The molecule has 160 valence electrons. The monoisotopic (exact) mass is 455 g/mol. The molecule has 3 aromatic carbocycles. The van der Waals surface area contributed by atoms with Crippen LogP contribution in [0.2, 0.25) is 10.0 Å². The molecule has 1 unspecified atom stereocenters. The molecule has 0 bridgehead atoms. The van der Waals surface area contributed by atoms with E-state index in [4.69, 9.17) is 27.9 Å². The van der Waals surface area contributed by atoms with Gasteiger partial charge in [-0.2, -0.15) is 0 Å². The van der Waals surface area contributed by atoms with Crippen LogP contribution >= 0.6 is 23.2 Å². The number of ether oxygens (including phenoxy) is 1. The van der Waals surface area contributed by atoms with Gasteiger partial charge in [-0.05, 0) is 65.8 Å². The van der Waals surface area contributed by atoms with Gasteiger partial charge < -0.3 is 9.64 Å². The maximum atomic E-state index is 14.0. The molecule has 0 N–H and O–H groups in total. The molecule has 0 saturated carbocycles. The quantitative estimate of drug-likeness (QED) is 0.429. The fraction of sp³-hybridized carbons (Fsp3) is 0.308. The van der Waals surface area contributed by atoms with Gasteiger partial charge in [0.15, 0.2) is 0 Å². The van der Waals surface area contributed by atoms with Gasteiger partial charge in [0.2, 0.25) is 0 Å². The molecule has 31 heavy (non-hydrogen) atoms. The Hall–Kier alpha value is -1.91. The van der Waals surface area contributed by atoms with Gasteiger partial charge in [0.1, 0.15) is 11.9 Å². The van der Waals surface area contributed by atoms with Crippen molar-refractivity contribution in [3.8, 4) is 0 Å². The zero-order valence-corrected chi connectivity index (χ0v) is 18.7. The molecule has 0 radical (unpaired) electrons. The zero-order chi connectivity index (χ0) is 21.4. The summed E-state index contributed by atoms with van der Waals surface area (Å²) >= 11 is 12.6. The minimum atomic E-state index is -0.301. The Bertz CT molecular complexity index is 1070. The number of piperidine rings is 1. The highest BCUT2D eigenvalue weighted by Crippen LogP contribution is 2.51. The second-order valence-electron chi connectivity index (χ2n) is 8.47. The Kier molecular flexibility index (Phi) is 5.78. The van der Waals surface area contributed by atoms with E-state index < -0.39 is 0 Å². The molecule has 0 aromatic heterocycles. The lowest BCUT2D eigenvalue weighted by Crippen LogP contribution is -2.43. The molecule has 5 heteroatoms. The molecule has 1 spiro atoms. The second-order valence-corrected chi connectivity index (χ2v) is 9.34. The SMILES string of the molecule is Fc1ccccc1CCN1CCC2(CC1)OC(c1cc(Cl)cc(Cl)c1)c1ccccc12. The third kappa shape index (κ3) is 4.12. The highest BCUT2D eigenvalue weighted by Gasteiger charge is 2.46. The minimum Gasteiger partial charge on any atom is -0.358 e. The van der Waals surface area contributed by atoms with Crippen molar-refractivity contribution in [2.24, 2.45) is 0 Å². The van der Waals surface area contributed by atoms with E-state index in [2.05, 4.69) is 29.2 Å². The first-order valence-corrected chi connectivity index (χ1v) is 11.5. The lowest BCUT2D eigenvalue weighted by Gasteiger charge is -2.40. The number of rotatable bonds is 4. The Morgan fingerprint density at radius 3 is 2.35 bits per heavy atom. The lowest BCUT2D eigenvalue weighted by atomic mass is 9.83. The molecule has 3 aromatic rings. The smallest absolute Gasteiger partial charge is 0.126 e. The fourth-order valence-corrected chi connectivity index (χ4v) is 5.51. The predicted molar refractivity (Wildman–Crippen MR) is 123 cm³/mol. The molecule has 2 heterocycles. The summed E-state index contributed by atoms with van der Waals surface area (Å²) in [7, 11) is 0. The first-order valence-electron chi connectivity index (χ1n) is 10.7. The van der Waals surface area contributed by atoms with Crippen molar-refractivity contribution >= 4 is 23.2 Å². The Morgan fingerprint density at radius 2 is 1.61 bits per heavy atom. The largest absolute Gasteiger partial charge is 0.358 e. The number of benzene rings is 3. The van der Waals surface area contributed by atoms with Crippen LogP contribution in [-0.2, 0) is 16.8 Å². The van der Waals surface area contributed by atoms with E-state index in [1.54, 1.807) is 12.1 Å². The number of hydrogen-bond acceptors (Lipinski definition) is 2. The van der Waals surface area contributed by atoms with Crippen LogP contribution in [0.4, 0.5) is 4.39 Å². The number of nitrogens with zero attached hydrogens (tertiary/aromatic N) is 1. The summed E-state index contributed by atoms with van der Waals surface area (Å²) in [6.07, 6.45) is 2.37. The van der Waals surface area contributed by atoms with Crippen molar-refractivity contribution in [3.63, 3.8) is 0 Å². The molecule has 2 nitrogen and oxygen atoms in total. The molecule has 5 rings (SSSR count). The molecule has 2 aliphatic rings. The van der Waals surface area contributed by atoms with E-state index in [-0.39, 0.29) is 17.5 Å². The van der Waals surface area contributed by atoms with Crippen LogP contribution in [0.15, 0.2) is 66.7 Å². The van der Waals surface area contributed by atoms with Crippen LogP contribution in [-0.4, -0.2) is 24.5 Å². The summed E-state index contributed by atoms with van der Waals surface area (Å²) in [5.41, 5.74) is 3.93. The minimum absolute atomic E-state index is 0.118. The summed E-state index contributed by atoms with van der Waals surface area (Å²) in [6.45, 7) is 2.70. The third-order valence-corrected chi connectivity index (χ3v) is 7.02. The Labute approximate surface area is 192 Å². The standard InChI is InChI=1S/C26H24Cl2FNO/c27-20-15-19(16-21(28)17-20)25-22-6-2-3-7-23(22)26(31-25)10-13-30(14-11-26)12-9-18-5-1-4-8-24(18)29/h1-8,15-17,25H,9-14H2. The number of halogens is 3. The average Bonchev–Trinajstić information content (AvgIpc) is 3.08. The summed E-state index contributed by atoms with van der Waals surface area (Å²) in [6, 6.07) is 21.2. The Morgan fingerprint density at radius 1 is 0.935 bits per heavy atom. The molecular formula is C26H24Cl2FNO. The van der Waals surface area contributed by atoms with Crippen molar-refractivity contribution in [1.29, 1.82) is 0 Å². The van der Waals surface area contributed by atoms with Gasteiger partial charge in [-0.1, -0.05) is 65.7 Å². The van der Waals surface area contributed by atoms with Crippen LogP contribution in [0.5, 0.6) is 0 Å². The van der Waals surface area contributed by atoms with Crippen molar-refractivity contribution in [1.82, 2.24) is 4.90 Å². The van der Waals surface area contributed by atoms with Crippen LogP contribution in [0.25, 0.3) is 0 Å². The third-order valence-electron chi connectivity index (χ3n) is 6.58. The second kappa shape index (κ2) is 8.55. The molecule has 1 atom stereocenters. The van der Waals surface area contributed by atoms with Crippen molar-refractivity contribution in [3.05, 3.63) is 105 Å². The number of likely N-dealkylation sites (tertiary alicyclic amines) is 1. The molecular weight excluding hydrogens is 432 g/mol. The van der Waals surface area contributed by atoms with Crippen molar-refractivity contribution in [2.45, 2.75) is 31.0 Å². The maximum absolute atomic E-state index is 14.0. The van der Waals surface area contributed by atoms with Gasteiger partial charge in [0.05, 0.1) is 5.60 Å². The van der Waals surface area contributed by atoms with Gasteiger partial charge >= 0.3 is 0 Å².